The lowest BCUT2D eigenvalue weighted by molar-refractivity contribution is 0.0795. The number of likely N-dealkylation sites (tertiary alicyclic amines) is 2. The van der Waals surface area contributed by atoms with Crippen LogP contribution in [0.4, 0.5) is 0 Å². The molecule has 3 fully saturated rings. The molecule has 2 aliphatic heterocycles. The number of rotatable bonds is 9. The summed E-state index contributed by atoms with van der Waals surface area (Å²) >= 11 is 0. The highest BCUT2D eigenvalue weighted by Gasteiger charge is 2.45. The van der Waals surface area contributed by atoms with Crippen molar-refractivity contribution in [1.82, 2.24) is 25.4 Å². The number of aliphatic hydroxyl groups excluding tert-OH is 1. The average Bonchev–Trinajstić information content (AvgIpc) is 3.79. The molecule has 238 valence electrons. The number of likely N-dealkylation sites (N-methyl/N-ethyl adjacent to an activating group) is 1. The zero-order valence-electron chi connectivity index (χ0n) is 26.7. The van der Waals surface area contributed by atoms with Crippen molar-refractivity contribution in [3.8, 4) is 0 Å². The van der Waals surface area contributed by atoms with Gasteiger partial charge in [0.2, 0.25) is 0 Å². The summed E-state index contributed by atoms with van der Waals surface area (Å²) in [5.41, 5.74) is 6.18. The summed E-state index contributed by atoms with van der Waals surface area (Å²) in [4.78, 5) is 36.4. The van der Waals surface area contributed by atoms with E-state index >= 15 is 0 Å². The van der Waals surface area contributed by atoms with E-state index in [1.54, 1.807) is 0 Å². The second-order valence-corrected chi connectivity index (χ2v) is 14.5. The van der Waals surface area contributed by atoms with Gasteiger partial charge in [0.25, 0.3) is 11.8 Å². The third-order valence-corrected chi connectivity index (χ3v) is 11.0. The molecule has 0 bridgehead atoms. The number of amides is 2. The van der Waals surface area contributed by atoms with Crippen LogP contribution in [-0.2, 0) is 12.8 Å². The zero-order chi connectivity index (χ0) is 31.1. The fraction of sp³-hybridized carbons (Fsp3) is 0.541. The van der Waals surface area contributed by atoms with Gasteiger partial charge in [0.15, 0.2) is 0 Å². The van der Waals surface area contributed by atoms with Gasteiger partial charge in [-0.25, -0.2) is 0 Å². The number of hydrogen-bond donors (Lipinski definition) is 3. The molecule has 2 saturated heterocycles. The SMILES string of the molecule is CN1CC(NC(=O)c2cccc(C(CCN3CCC(O)CC3)NC(=O)c3ccc4nc5c(cc4c3)CC(C3(C)CC3)CC5)c2)C1. The first-order chi connectivity index (χ1) is 21.7. The summed E-state index contributed by atoms with van der Waals surface area (Å²) in [7, 11) is 2.05. The van der Waals surface area contributed by atoms with Crippen LogP contribution >= 0.6 is 0 Å². The molecule has 3 N–H and O–H groups in total. The molecule has 1 saturated carbocycles. The molecule has 2 aromatic carbocycles. The molecule has 3 heterocycles. The van der Waals surface area contributed by atoms with Crippen molar-refractivity contribution in [2.75, 3.05) is 39.8 Å². The molecule has 2 unspecified atom stereocenters. The maximum Gasteiger partial charge on any atom is 0.251 e. The Balaban J connectivity index is 1.10. The minimum atomic E-state index is -0.260. The Bertz CT molecular complexity index is 1570. The fourth-order valence-electron chi connectivity index (χ4n) is 7.65. The highest BCUT2D eigenvalue weighted by atomic mass is 16.3. The van der Waals surface area contributed by atoms with Gasteiger partial charge < -0.3 is 25.5 Å². The Labute approximate surface area is 266 Å². The Hall–Kier alpha value is -3.33. The van der Waals surface area contributed by atoms with Crippen molar-refractivity contribution in [1.29, 1.82) is 0 Å². The molecule has 1 aromatic heterocycles. The van der Waals surface area contributed by atoms with Crippen molar-refractivity contribution in [3.63, 3.8) is 0 Å². The van der Waals surface area contributed by atoms with Crippen LogP contribution in [0.5, 0.6) is 0 Å². The van der Waals surface area contributed by atoms with E-state index in [9.17, 15) is 14.7 Å². The molecule has 8 nitrogen and oxygen atoms in total. The van der Waals surface area contributed by atoms with Gasteiger partial charge in [0.05, 0.1) is 23.7 Å². The van der Waals surface area contributed by atoms with Crippen molar-refractivity contribution in [2.45, 2.75) is 76.5 Å². The summed E-state index contributed by atoms with van der Waals surface area (Å²) < 4.78 is 0. The van der Waals surface area contributed by atoms with E-state index in [1.807, 2.05) is 49.5 Å². The van der Waals surface area contributed by atoms with Gasteiger partial charge in [-0.1, -0.05) is 19.1 Å². The third kappa shape index (κ3) is 6.79. The number of nitrogens with one attached hydrogen (secondary N) is 2. The van der Waals surface area contributed by atoms with Gasteiger partial charge in [-0.3, -0.25) is 14.6 Å². The molecule has 3 aromatic rings. The number of carbonyl (C=O) groups is 2. The number of piperidine rings is 1. The lowest BCUT2D eigenvalue weighted by atomic mass is 9.77. The number of benzene rings is 2. The number of aryl methyl sites for hydroxylation is 1. The summed E-state index contributed by atoms with van der Waals surface area (Å²) in [6, 6.07) is 15.7. The molecule has 4 aliphatic rings. The number of aromatic nitrogens is 1. The minimum absolute atomic E-state index is 0.0756. The summed E-state index contributed by atoms with van der Waals surface area (Å²) in [6.45, 7) is 6.65. The molecule has 0 spiro atoms. The highest BCUT2D eigenvalue weighted by molar-refractivity contribution is 5.98. The summed E-state index contributed by atoms with van der Waals surface area (Å²) in [5.74, 6) is 0.533. The van der Waals surface area contributed by atoms with E-state index < -0.39 is 0 Å². The molecular weight excluding hydrogens is 562 g/mol. The number of nitrogens with zero attached hydrogens (tertiary/aromatic N) is 3. The van der Waals surface area contributed by atoms with Crippen LogP contribution in [0.2, 0.25) is 0 Å². The van der Waals surface area contributed by atoms with Crippen molar-refractivity contribution in [2.24, 2.45) is 11.3 Å². The van der Waals surface area contributed by atoms with Crippen LogP contribution in [0.15, 0.2) is 48.5 Å². The lowest BCUT2D eigenvalue weighted by Gasteiger charge is -2.36. The highest BCUT2D eigenvalue weighted by Crippen LogP contribution is 2.55. The first-order valence-electron chi connectivity index (χ1n) is 17.0. The van der Waals surface area contributed by atoms with Crippen LogP contribution in [0, 0.1) is 11.3 Å². The number of aliphatic hydroxyl groups is 1. The number of carbonyl (C=O) groups excluding carboxylic acids is 2. The molecule has 45 heavy (non-hydrogen) atoms. The molecule has 8 heteroatoms. The normalized spacial score (nSPS) is 22.8. The summed E-state index contributed by atoms with van der Waals surface area (Å²) in [6.07, 6.45) is 8.07. The van der Waals surface area contributed by atoms with E-state index in [-0.39, 0.29) is 30.0 Å². The first-order valence-corrected chi connectivity index (χ1v) is 17.0. The maximum absolute atomic E-state index is 13.8. The molecule has 0 radical (unpaired) electrons. The maximum atomic E-state index is 13.8. The zero-order valence-corrected chi connectivity index (χ0v) is 26.7. The van der Waals surface area contributed by atoms with Gasteiger partial charge >= 0.3 is 0 Å². The third-order valence-electron chi connectivity index (χ3n) is 11.0. The Morgan fingerprint density at radius 3 is 2.56 bits per heavy atom. The predicted octanol–water partition coefficient (Wildman–Crippen LogP) is 4.50. The predicted molar refractivity (Wildman–Crippen MR) is 176 cm³/mol. The van der Waals surface area contributed by atoms with E-state index in [0.29, 0.717) is 23.0 Å². The van der Waals surface area contributed by atoms with Crippen molar-refractivity contribution in [3.05, 3.63) is 76.5 Å². The second kappa shape index (κ2) is 12.5. The van der Waals surface area contributed by atoms with Crippen LogP contribution in [0.3, 0.4) is 0 Å². The number of pyridine rings is 1. The van der Waals surface area contributed by atoms with Gasteiger partial charge in [0.1, 0.15) is 0 Å². The van der Waals surface area contributed by atoms with Crippen molar-refractivity contribution < 1.29 is 14.7 Å². The number of hydrogen-bond acceptors (Lipinski definition) is 6. The van der Waals surface area contributed by atoms with E-state index in [1.165, 1.54) is 30.5 Å². The largest absolute Gasteiger partial charge is 0.393 e. The monoisotopic (exact) mass is 609 g/mol. The van der Waals surface area contributed by atoms with Crippen LogP contribution in [0.1, 0.15) is 89.0 Å². The van der Waals surface area contributed by atoms with Gasteiger partial charge in [-0.05, 0) is 117 Å². The smallest absolute Gasteiger partial charge is 0.251 e. The average molecular weight is 610 g/mol. The van der Waals surface area contributed by atoms with E-state index in [0.717, 1.165) is 80.8 Å². The van der Waals surface area contributed by atoms with Crippen LogP contribution in [-0.4, -0.2) is 83.6 Å². The first kappa shape index (κ1) is 30.3. The van der Waals surface area contributed by atoms with Crippen molar-refractivity contribution >= 4 is 22.7 Å². The lowest BCUT2D eigenvalue weighted by Crippen LogP contribution is -2.57. The Morgan fingerprint density at radius 1 is 1.02 bits per heavy atom. The molecule has 7 rings (SSSR count). The molecule has 2 aliphatic carbocycles. The topological polar surface area (TPSA) is 97.8 Å². The van der Waals surface area contributed by atoms with E-state index in [2.05, 4.69) is 33.4 Å². The second-order valence-electron chi connectivity index (χ2n) is 14.5. The van der Waals surface area contributed by atoms with Gasteiger partial charge in [-0.2, -0.15) is 0 Å². The quantitative estimate of drug-likeness (QED) is 0.331. The fourth-order valence-corrected chi connectivity index (χ4v) is 7.65. The van der Waals surface area contributed by atoms with Crippen LogP contribution in [0.25, 0.3) is 10.9 Å². The molecule has 2 amide bonds. The minimum Gasteiger partial charge on any atom is -0.393 e. The van der Waals surface area contributed by atoms with E-state index in [4.69, 9.17) is 4.98 Å². The molecular formula is C37H47N5O3. The Morgan fingerprint density at radius 2 is 1.80 bits per heavy atom. The van der Waals surface area contributed by atoms with Crippen LogP contribution < -0.4 is 10.6 Å². The van der Waals surface area contributed by atoms with Gasteiger partial charge in [0, 0.05) is 54.9 Å². The van der Waals surface area contributed by atoms with Gasteiger partial charge in [-0.15, -0.1) is 0 Å². The summed E-state index contributed by atoms with van der Waals surface area (Å²) in [5, 5.41) is 17.4. The number of fused-ring (bicyclic) bond motifs is 2. The Kier molecular flexibility index (Phi) is 8.40. The standard InChI is InChI=1S/C37H47N5O3/c1-37(13-14-37)29-7-9-33-28(21-29)20-27-19-26(6-8-32(27)39-33)36(45)40-34(12-17-42-15-10-31(43)11-16-42)24-4-3-5-25(18-24)35(44)38-30-22-41(2)23-30/h3-6,8,18-20,29-31,34,43H,7,9-17,21-23H2,1-2H3,(H,38,44)(H,40,45). The molecule has 2 atom stereocenters.